The zero-order valence-electron chi connectivity index (χ0n) is 17.8. The molecular weight excluding hydrogens is 366 g/mol. The van der Waals surface area contributed by atoms with Gasteiger partial charge in [-0.2, -0.15) is 0 Å². The van der Waals surface area contributed by atoms with E-state index in [-0.39, 0.29) is 25.3 Å². The third kappa shape index (κ3) is 7.48. The molecular formula is C20H33NO7. The molecule has 1 amide bonds. The van der Waals surface area contributed by atoms with Crippen molar-refractivity contribution in [3.63, 3.8) is 0 Å². The number of carbonyl (C=O) groups excluding carboxylic acids is 4. The summed E-state index contributed by atoms with van der Waals surface area (Å²) in [4.78, 5) is 50.4. The molecule has 160 valence electrons. The van der Waals surface area contributed by atoms with Crippen LogP contribution in [0.2, 0.25) is 0 Å². The lowest BCUT2D eigenvalue weighted by Crippen LogP contribution is -2.46. The lowest BCUT2D eigenvalue weighted by Gasteiger charge is -2.29. The summed E-state index contributed by atoms with van der Waals surface area (Å²) in [6.45, 7) is 8.63. The van der Waals surface area contributed by atoms with Gasteiger partial charge in [0.05, 0.1) is 20.1 Å². The number of esters is 3. The molecule has 1 aliphatic rings. The molecule has 3 atom stereocenters. The van der Waals surface area contributed by atoms with Gasteiger partial charge in [0, 0.05) is 19.3 Å². The molecule has 0 aromatic carbocycles. The molecule has 0 aromatic rings. The van der Waals surface area contributed by atoms with Crippen molar-refractivity contribution in [1.29, 1.82) is 0 Å². The molecule has 1 saturated heterocycles. The first-order chi connectivity index (χ1) is 13.0. The van der Waals surface area contributed by atoms with Crippen molar-refractivity contribution in [1.82, 2.24) is 4.90 Å². The Morgan fingerprint density at radius 1 is 1.18 bits per heavy atom. The molecule has 0 N–H and O–H groups in total. The van der Waals surface area contributed by atoms with Crippen molar-refractivity contribution < 1.29 is 33.4 Å². The summed E-state index contributed by atoms with van der Waals surface area (Å²) in [6, 6.07) is -0.849. The molecule has 1 heterocycles. The molecule has 0 bridgehead atoms. The number of unbranched alkanes of at least 4 members (excludes halogenated alkanes) is 1. The first-order valence-electron chi connectivity index (χ1n) is 9.75. The van der Waals surface area contributed by atoms with Gasteiger partial charge in [-0.25, -0.2) is 4.79 Å². The first-order valence-corrected chi connectivity index (χ1v) is 9.75. The van der Waals surface area contributed by atoms with Crippen molar-refractivity contribution in [2.75, 3.05) is 13.7 Å². The topological polar surface area (TPSA) is 99.2 Å². The van der Waals surface area contributed by atoms with Gasteiger partial charge in [-0.15, -0.1) is 0 Å². The van der Waals surface area contributed by atoms with E-state index < -0.39 is 41.6 Å². The van der Waals surface area contributed by atoms with Crippen LogP contribution in [0, 0.1) is 5.92 Å². The van der Waals surface area contributed by atoms with Crippen molar-refractivity contribution in [3.8, 4) is 0 Å². The van der Waals surface area contributed by atoms with Gasteiger partial charge in [0.2, 0.25) is 5.91 Å². The van der Waals surface area contributed by atoms with Gasteiger partial charge in [0.1, 0.15) is 17.7 Å². The molecule has 0 aromatic heterocycles. The summed E-state index contributed by atoms with van der Waals surface area (Å²) >= 11 is 0. The number of carbonyl (C=O) groups is 4. The van der Waals surface area contributed by atoms with Gasteiger partial charge in [-0.05, 0) is 27.2 Å². The van der Waals surface area contributed by atoms with Crippen LogP contribution in [0.5, 0.6) is 0 Å². The standard InChI is InChI=1S/C20H33NO7/c1-7-8-9-14(10-17(23)26-6)18(24)21-12-15(27-13(2)22)11-16(21)19(25)28-20(3,4)5/h14-16H,7-12H2,1-6H3/t14-,15-,16+/m1/s1. The summed E-state index contributed by atoms with van der Waals surface area (Å²) in [5.41, 5.74) is -0.709. The van der Waals surface area contributed by atoms with Gasteiger partial charge in [-0.1, -0.05) is 19.8 Å². The summed E-state index contributed by atoms with van der Waals surface area (Å²) in [7, 11) is 1.28. The third-order valence-electron chi connectivity index (χ3n) is 4.45. The number of nitrogens with zero attached hydrogens (tertiary/aromatic N) is 1. The number of hydrogen-bond donors (Lipinski definition) is 0. The predicted octanol–water partition coefficient (Wildman–Crippen LogP) is 2.23. The average molecular weight is 399 g/mol. The lowest BCUT2D eigenvalue weighted by atomic mass is 9.96. The Morgan fingerprint density at radius 2 is 1.82 bits per heavy atom. The van der Waals surface area contributed by atoms with Crippen LogP contribution in [-0.2, 0) is 33.4 Å². The number of ether oxygens (including phenoxy) is 3. The van der Waals surface area contributed by atoms with Crippen molar-refractivity contribution in [3.05, 3.63) is 0 Å². The molecule has 8 heteroatoms. The number of rotatable bonds is 8. The molecule has 8 nitrogen and oxygen atoms in total. The second kappa shape index (κ2) is 10.4. The molecule has 0 aliphatic carbocycles. The Bertz CT molecular complexity index is 582. The Labute approximate surface area is 166 Å². The van der Waals surface area contributed by atoms with E-state index in [1.54, 1.807) is 20.8 Å². The molecule has 0 spiro atoms. The fourth-order valence-corrected chi connectivity index (χ4v) is 3.24. The van der Waals surface area contributed by atoms with Crippen LogP contribution in [-0.4, -0.2) is 60.1 Å². The number of methoxy groups -OCH3 is 1. The molecule has 0 saturated carbocycles. The molecule has 0 unspecified atom stereocenters. The van der Waals surface area contributed by atoms with Gasteiger partial charge < -0.3 is 19.1 Å². The molecule has 1 aliphatic heterocycles. The zero-order chi connectivity index (χ0) is 21.5. The minimum Gasteiger partial charge on any atom is -0.469 e. The smallest absolute Gasteiger partial charge is 0.329 e. The summed E-state index contributed by atoms with van der Waals surface area (Å²) in [5.74, 6) is -2.39. The van der Waals surface area contributed by atoms with Crippen molar-refractivity contribution in [2.45, 2.75) is 84.5 Å². The Morgan fingerprint density at radius 3 is 2.32 bits per heavy atom. The predicted molar refractivity (Wildman–Crippen MR) is 101 cm³/mol. The maximum atomic E-state index is 13.2. The van der Waals surface area contributed by atoms with E-state index >= 15 is 0 Å². The molecule has 1 rings (SSSR count). The molecule has 0 radical (unpaired) electrons. The Hall–Kier alpha value is -2.12. The highest BCUT2D eigenvalue weighted by atomic mass is 16.6. The fraction of sp³-hybridized carbons (Fsp3) is 0.800. The van der Waals surface area contributed by atoms with E-state index in [4.69, 9.17) is 14.2 Å². The van der Waals surface area contributed by atoms with E-state index in [2.05, 4.69) is 0 Å². The average Bonchev–Trinajstić information content (AvgIpc) is 2.99. The fourth-order valence-electron chi connectivity index (χ4n) is 3.24. The maximum Gasteiger partial charge on any atom is 0.329 e. The van der Waals surface area contributed by atoms with Crippen LogP contribution >= 0.6 is 0 Å². The maximum absolute atomic E-state index is 13.2. The first kappa shape index (κ1) is 23.9. The minimum atomic E-state index is -0.849. The third-order valence-corrected chi connectivity index (χ3v) is 4.45. The summed E-state index contributed by atoms with van der Waals surface area (Å²) in [6.07, 6.45) is 1.70. The highest BCUT2D eigenvalue weighted by Gasteiger charge is 2.44. The highest BCUT2D eigenvalue weighted by Crippen LogP contribution is 2.28. The van der Waals surface area contributed by atoms with Gasteiger partial charge >= 0.3 is 17.9 Å². The largest absolute Gasteiger partial charge is 0.469 e. The van der Waals surface area contributed by atoms with Crippen LogP contribution in [0.4, 0.5) is 0 Å². The summed E-state index contributed by atoms with van der Waals surface area (Å²) < 4.78 is 15.4. The van der Waals surface area contributed by atoms with E-state index in [0.29, 0.717) is 6.42 Å². The minimum absolute atomic E-state index is 0.0505. The van der Waals surface area contributed by atoms with Crippen LogP contribution in [0.3, 0.4) is 0 Å². The van der Waals surface area contributed by atoms with Crippen LogP contribution in [0.1, 0.15) is 66.7 Å². The highest BCUT2D eigenvalue weighted by molar-refractivity contribution is 5.89. The number of amides is 1. The van der Waals surface area contributed by atoms with E-state index in [9.17, 15) is 19.2 Å². The Kier molecular flexibility index (Phi) is 8.91. The quantitative estimate of drug-likeness (QED) is 0.456. The van der Waals surface area contributed by atoms with Crippen molar-refractivity contribution >= 4 is 23.8 Å². The van der Waals surface area contributed by atoms with Crippen LogP contribution in [0.25, 0.3) is 0 Å². The SMILES string of the molecule is CCCC[C@H](CC(=O)OC)C(=O)N1C[C@H](OC(C)=O)C[C@H]1C(=O)OC(C)(C)C. The number of hydrogen-bond acceptors (Lipinski definition) is 7. The lowest BCUT2D eigenvalue weighted by molar-refractivity contribution is -0.164. The van der Waals surface area contributed by atoms with Gasteiger partial charge in [0.15, 0.2) is 0 Å². The molecule has 28 heavy (non-hydrogen) atoms. The Balaban J connectivity index is 3.05. The zero-order valence-corrected chi connectivity index (χ0v) is 17.8. The van der Waals surface area contributed by atoms with E-state index in [0.717, 1.165) is 12.8 Å². The van der Waals surface area contributed by atoms with Gasteiger partial charge in [0.25, 0.3) is 0 Å². The molecule has 1 fully saturated rings. The van der Waals surface area contributed by atoms with Crippen molar-refractivity contribution in [2.24, 2.45) is 5.92 Å². The second-order valence-corrected chi connectivity index (χ2v) is 8.13. The second-order valence-electron chi connectivity index (χ2n) is 8.13. The van der Waals surface area contributed by atoms with Crippen LogP contribution < -0.4 is 0 Å². The van der Waals surface area contributed by atoms with E-state index in [1.165, 1.54) is 18.9 Å². The van der Waals surface area contributed by atoms with Crippen LogP contribution in [0.15, 0.2) is 0 Å². The van der Waals surface area contributed by atoms with Gasteiger partial charge in [-0.3, -0.25) is 14.4 Å². The van der Waals surface area contributed by atoms with E-state index in [1.807, 2.05) is 6.92 Å². The monoisotopic (exact) mass is 399 g/mol. The summed E-state index contributed by atoms with van der Waals surface area (Å²) in [5, 5.41) is 0. The number of likely N-dealkylation sites (tertiary alicyclic amines) is 1. The normalized spacial score (nSPS) is 20.4.